The maximum absolute atomic E-state index is 6.39. The second kappa shape index (κ2) is 4.42. The van der Waals surface area contributed by atoms with Crippen molar-refractivity contribution in [3.8, 4) is 0 Å². The second-order valence-electron chi connectivity index (χ2n) is 5.90. The summed E-state index contributed by atoms with van der Waals surface area (Å²) in [7, 11) is 0. The van der Waals surface area contributed by atoms with E-state index in [0.29, 0.717) is 0 Å². The van der Waals surface area contributed by atoms with Gasteiger partial charge in [-0.25, -0.2) is 0 Å². The zero-order valence-corrected chi connectivity index (χ0v) is 10.3. The SMILES string of the molecule is CCN(CC1CCC1)CC(C)(N)C1CC1. The molecule has 2 rings (SSSR count). The minimum Gasteiger partial charge on any atom is -0.324 e. The van der Waals surface area contributed by atoms with Crippen LogP contribution < -0.4 is 5.73 Å². The summed E-state index contributed by atoms with van der Waals surface area (Å²) in [6.45, 7) is 8.06. The summed E-state index contributed by atoms with van der Waals surface area (Å²) in [4.78, 5) is 2.57. The summed E-state index contributed by atoms with van der Waals surface area (Å²) in [5.74, 6) is 1.77. The van der Waals surface area contributed by atoms with Crippen LogP contribution in [0.25, 0.3) is 0 Å². The van der Waals surface area contributed by atoms with Crippen LogP contribution in [0.1, 0.15) is 46.0 Å². The van der Waals surface area contributed by atoms with Crippen LogP contribution in [-0.4, -0.2) is 30.1 Å². The Morgan fingerprint density at radius 3 is 2.33 bits per heavy atom. The van der Waals surface area contributed by atoms with Crippen molar-refractivity contribution in [1.29, 1.82) is 0 Å². The smallest absolute Gasteiger partial charge is 0.0283 e. The lowest BCUT2D eigenvalue weighted by Gasteiger charge is -2.36. The number of nitrogens with zero attached hydrogens (tertiary/aromatic N) is 1. The summed E-state index contributed by atoms with van der Waals surface area (Å²) in [6, 6.07) is 0. The molecule has 0 heterocycles. The maximum atomic E-state index is 6.39. The number of rotatable bonds is 6. The van der Waals surface area contributed by atoms with Crippen molar-refractivity contribution in [2.45, 2.75) is 51.5 Å². The first-order valence-electron chi connectivity index (χ1n) is 6.63. The molecule has 0 aromatic carbocycles. The second-order valence-corrected chi connectivity index (χ2v) is 5.90. The van der Waals surface area contributed by atoms with Gasteiger partial charge in [-0.3, -0.25) is 0 Å². The van der Waals surface area contributed by atoms with Crippen LogP contribution in [0.4, 0.5) is 0 Å². The normalized spacial score (nSPS) is 26.4. The van der Waals surface area contributed by atoms with Crippen LogP contribution >= 0.6 is 0 Å². The maximum Gasteiger partial charge on any atom is 0.0283 e. The van der Waals surface area contributed by atoms with Gasteiger partial charge in [-0.15, -0.1) is 0 Å². The predicted octanol–water partition coefficient (Wildman–Crippen LogP) is 2.24. The van der Waals surface area contributed by atoms with Gasteiger partial charge in [0.05, 0.1) is 0 Å². The fraction of sp³-hybridized carbons (Fsp3) is 1.00. The molecule has 1 unspecified atom stereocenters. The third kappa shape index (κ3) is 2.94. The highest BCUT2D eigenvalue weighted by Crippen LogP contribution is 2.38. The Labute approximate surface area is 94.2 Å². The molecule has 0 aliphatic heterocycles. The van der Waals surface area contributed by atoms with Gasteiger partial charge in [0, 0.05) is 18.6 Å². The Balaban J connectivity index is 1.77. The summed E-state index contributed by atoms with van der Waals surface area (Å²) >= 11 is 0. The molecule has 2 aliphatic rings. The molecule has 15 heavy (non-hydrogen) atoms. The first kappa shape index (κ1) is 11.4. The lowest BCUT2D eigenvalue weighted by Crippen LogP contribution is -2.50. The van der Waals surface area contributed by atoms with Crippen molar-refractivity contribution in [2.24, 2.45) is 17.6 Å². The molecule has 88 valence electrons. The van der Waals surface area contributed by atoms with Gasteiger partial charge in [0.1, 0.15) is 0 Å². The van der Waals surface area contributed by atoms with Crippen LogP contribution in [0.5, 0.6) is 0 Å². The van der Waals surface area contributed by atoms with Gasteiger partial charge in [-0.2, -0.15) is 0 Å². The lowest BCUT2D eigenvalue weighted by molar-refractivity contribution is 0.149. The average Bonchev–Trinajstić information content (AvgIpc) is 2.91. The highest BCUT2D eigenvalue weighted by molar-refractivity contribution is 4.97. The van der Waals surface area contributed by atoms with Crippen LogP contribution in [0.3, 0.4) is 0 Å². The third-order valence-electron chi connectivity index (χ3n) is 4.26. The zero-order valence-electron chi connectivity index (χ0n) is 10.3. The predicted molar refractivity (Wildman–Crippen MR) is 64.8 cm³/mol. The van der Waals surface area contributed by atoms with Crippen LogP contribution in [0.15, 0.2) is 0 Å². The average molecular weight is 210 g/mol. The summed E-state index contributed by atoms with van der Waals surface area (Å²) < 4.78 is 0. The molecule has 2 fully saturated rings. The highest BCUT2D eigenvalue weighted by atomic mass is 15.1. The van der Waals surface area contributed by atoms with E-state index >= 15 is 0 Å². The molecule has 0 radical (unpaired) electrons. The fourth-order valence-corrected chi connectivity index (χ4v) is 2.70. The zero-order chi connectivity index (χ0) is 10.9. The van der Waals surface area contributed by atoms with Crippen molar-refractivity contribution in [3.05, 3.63) is 0 Å². The Hall–Kier alpha value is -0.0800. The van der Waals surface area contributed by atoms with Crippen LogP contribution in [0.2, 0.25) is 0 Å². The van der Waals surface area contributed by atoms with Crippen molar-refractivity contribution in [3.63, 3.8) is 0 Å². The van der Waals surface area contributed by atoms with Gasteiger partial charge in [-0.1, -0.05) is 13.3 Å². The molecule has 0 amide bonds. The highest BCUT2D eigenvalue weighted by Gasteiger charge is 2.39. The van der Waals surface area contributed by atoms with E-state index in [1.807, 2.05) is 0 Å². The van der Waals surface area contributed by atoms with E-state index in [0.717, 1.165) is 24.9 Å². The largest absolute Gasteiger partial charge is 0.324 e. The van der Waals surface area contributed by atoms with Gasteiger partial charge in [0.15, 0.2) is 0 Å². The van der Waals surface area contributed by atoms with Gasteiger partial charge in [-0.05, 0) is 51.0 Å². The number of likely N-dealkylation sites (N-methyl/N-ethyl adjacent to an activating group) is 1. The minimum absolute atomic E-state index is 0.0692. The number of nitrogens with two attached hydrogens (primary N) is 1. The monoisotopic (exact) mass is 210 g/mol. The quantitative estimate of drug-likeness (QED) is 0.728. The molecular weight excluding hydrogens is 184 g/mol. The summed E-state index contributed by atoms with van der Waals surface area (Å²) in [6.07, 6.45) is 7.05. The van der Waals surface area contributed by atoms with E-state index in [2.05, 4.69) is 18.7 Å². The first-order chi connectivity index (χ1) is 7.12. The molecule has 2 heteroatoms. The minimum atomic E-state index is 0.0692. The summed E-state index contributed by atoms with van der Waals surface area (Å²) in [5.41, 5.74) is 6.46. The summed E-state index contributed by atoms with van der Waals surface area (Å²) in [5, 5.41) is 0. The Morgan fingerprint density at radius 2 is 1.93 bits per heavy atom. The molecule has 0 aromatic heterocycles. The molecule has 0 saturated heterocycles. The van der Waals surface area contributed by atoms with Crippen molar-refractivity contribution in [1.82, 2.24) is 4.90 Å². The molecule has 2 aliphatic carbocycles. The molecule has 0 spiro atoms. The van der Waals surface area contributed by atoms with Gasteiger partial charge in [0.2, 0.25) is 0 Å². The van der Waals surface area contributed by atoms with Crippen molar-refractivity contribution < 1.29 is 0 Å². The van der Waals surface area contributed by atoms with Crippen molar-refractivity contribution >= 4 is 0 Å². The Kier molecular flexibility index (Phi) is 3.36. The molecule has 2 nitrogen and oxygen atoms in total. The topological polar surface area (TPSA) is 29.3 Å². The van der Waals surface area contributed by atoms with Crippen LogP contribution in [-0.2, 0) is 0 Å². The van der Waals surface area contributed by atoms with E-state index in [4.69, 9.17) is 5.73 Å². The molecule has 2 saturated carbocycles. The van der Waals surface area contributed by atoms with E-state index < -0.39 is 0 Å². The number of hydrogen-bond donors (Lipinski definition) is 1. The van der Waals surface area contributed by atoms with E-state index in [-0.39, 0.29) is 5.54 Å². The van der Waals surface area contributed by atoms with Gasteiger partial charge >= 0.3 is 0 Å². The van der Waals surface area contributed by atoms with Gasteiger partial charge in [0.25, 0.3) is 0 Å². The fourth-order valence-electron chi connectivity index (χ4n) is 2.70. The molecule has 2 N–H and O–H groups in total. The lowest BCUT2D eigenvalue weighted by atomic mass is 9.84. The first-order valence-corrected chi connectivity index (χ1v) is 6.63. The van der Waals surface area contributed by atoms with E-state index in [9.17, 15) is 0 Å². The standard InChI is InChI=1S/C13H26N2/c1-3-15(9-11-5-4-6-11)10-13(2,14)12-7-8-12/h11-12H,3-10,14H2,1-2H3. The van der Waals surface area contributed by atoms with E-state index in [1.165, 1.54) is 38.6 Å². The molecular formula is C13H26N2. The van der Waals surface area contributed by atoms with Gasteiger partial charge < -0.3 is 10.6 Å². The molecule has 0 aromatic rings. The van der Waals surface area contributed by atoms with Crippen LogP contribution in [0, 0.1) is 11.8 Å². The number of hydrogen-bond acceptors (Lipinski definition) is 2. The van der Waals surface area contributed by atoms with Crippen molar-refractivity contribution in [2.75, 3.05) is 19.6 Å². The molecule has 0 bridgehead atoms. The molecule has 1 atom stereocenters. The third-order valence-corrected chi connectivity index (χ3v) is 4.26. The Morgan fingerprint density at radius 1 is 1.27 bits per heavy atom. The van der Waals surface area contributed by atoms with E-state index in [1.54, 1.807) is 0 Å². The Bertz CT molecular complexity index is 205.